The number of hydrogen-bond acceptors (Lipinski definition) is 3. The molecule has 0 heterocycles. The maximum Gasteiger partial charge on any atom is 0.154 e. The summed E-state index contributed by atoms with van der Waals surface area (Å²) in [5, 5.41) is 3.31. The first kappa shape index (κ1) is 15.0. The number of sulfone groups is 1. The van der Waals surface area contributed by atoms with Crippen molar-refractivity contribution in [2.45, 2.75) is 45.3 Å². The molecule has 0 radical (unpaired) electrons. The van der Waals surface area contributed by atoms with Gasteiger partial charge in [0.15, 0.2) is 9.84 Å². The van der Waals surface area contributed by atoms with Gasteiger partial charge in [-0.3, -0.25) is 0 Å². The lowest BCUT2D eigenvalue weighted by Crippen LogP contribution is -2.57. The van der Waals surface area contributed by atoms with E-state index in [1.165, 1.54) is 6.26 Å². The van der Waals surface area contributed by atoms with Crippen LogP contribution in [0, 0.1) is 17.8 Å². The number of nitrogens with one attached hydrogen (secondary N) is 1. The van der Waals surface area contributed by atoms with Gasteiger partial charge < -0.3 is 5.32 Å². The topological polar surface area (TPSA) is 46.2 Å². The molecule has 0 saturated heterocycles. The first-order valence-electron chi connectivity index (χ1n) is 6.58. The Labute approximate surface area is 106 Å². The third kappa shape index (κ3) is 3.44. The van der Waals surface area contributed by atoms with Crippen LogP contribution in [-0.4, -0.2) is 32.5 Å². The Bertz CT molecular complexity index is 340. The molecule has 1 fully saturated rings. The Kier molecular flexibility index (Phi) is 4.64. The van der Waals surface area contributed by atoms with Crippen molar-refractivity contribution in [3.8, 4) is 0 Å². The molecule has 1 aliphatic carbocycles. The van der Waals surface area contributed by atoms with Crippen LogP contribution in [0.4, 0.5) is 0 Å². The fourth-order valence-corrected chi connectivity index (χ4v) is 3.93. The molecule has 0 atom stereocenters. The zero-order valence-corrected chi connectivity index (χ0v) is 12.6. The lowest BCUT2D eigenvalue weighted by atomic mass is 9.68. The Morgan fingerprint density at radius 3 is 2.12 bits per heavy atom. The van der Waals surface area contributed by atoms with Gasteiger partial charge in [-0.2, -0.15) is 0 Å². The SMILES string of the molecule is CC(C)CNCC1(S(C)(=O)=O)CC(C(C)C)C1. The molecule has 0 aromatic heterocycles. The summed E-state index contributed by atoms with van der Waals surface area (Å²) in [4.78, 5) is 0. The van der Waals surface area contributed by atoms with Gasteiger partial charge in [-0.15, -0.1) is 0 Å². The van der Waals surface area contributed by atoms with Crippen LogP contribution in [0.1, 0.15) is 40.5 Å². The molecule has 0 aromatic carbocycles. The number of hydrogen-bond donors (Lipinski definition) is 1. The molecule has 1 saturated carbocycles. The van der Waals surface area contributed by atoms with Crippen molar-refractivity contribution in [3.05, 3.63) is 0 Å². The predicted octanol–water partition coefficient (Wildman–Crippen LogP) is 2.08. The minimum atomic E-state index is -2.95. The van der Waals surface area contributed by atoms with Crippen LogP contribution in [0.15, 0.2) is 0 Å². The summed E-state index contributed by atoms with van der Waals surface area (Å²) in [5.41, 5.74) is 0. The summed E-state index contributed by atoms with van der Waals surface area (Å²) in [6.45, 7) is 10.1. The first-order chi connectivity index (χ1) is 7.68. The molecule has 3 nitrogen and oxygen atoms in total. The summed E-state index contributed by atoms with van der Waals surface area (Å²) in [7, 11) is -2.95. The largest absolute Gasteiger partial charge is 0.315 e. The second kappa shape index (κ2) is 5.27. The van der Waals surface area contributed by atoms with E-state index in [0.717, 1.165) is 19.4 Å². The molecular weight excluding hydrogens is 234 g/mol. The van der Waals surface area contributed by atoms with Gasteiger partial charge in [-0.1, -0.05) is 27.7 Å². The van der Waals surface area contributed by atoms with Crippen LogP contribution >= 0.6 is 0 Å². The second-order valence-corrected chi connectivity index (χ2v) is 8.80. The Morgan fingerprint density at radius 1 is 1.24 bits per heavy atom. The highest BCUT2D eigenvalue weighted by Crippen LogP contribution is 2.46. The molecule has 17 heavy (non-hydrogen) atoms. The summed E-state index contributed by atoms with van der Waals surface area (Å²) < 4.78 is 23.4. The van der Waals surface area contributed by atoms with Crippen molar-refractivity contribution in [3.63, 3.8) is 0 Å². The van der Waals surface area contributed by atoms with Gasteiger partial charge in [0, 0.05) is 12.8 Å². The van der Waals surface area contributed by atoms with Crippen molar-refractivity contribution in [2.75, 3.05) is 19.3 Å². The van der Waals surface area contributed by atoms with Crippen molar-refractivity contribution in [1.29, 1.82) is 0 Å². The minimum Gasteiger partial charge on any atom is -0.315 e. The van der Waals surface area contributed by atoms with Crippen molar-refractivity contribution < 1.29 is 8.42 Å². The Hall–Kier alpha value is -0.0900. The molecular formula is C13H27NO2S. The van der Waals surface area contributed by atoms with Crippen molar-refractivity contribution in [2.24, 2.45) is 17.8 Å². The molecule has 0 amide bonds. The smallest absolute Gasteiger partial charge is 0.154 e. The van der Waals surface area contributed by atoms with E-state index in [1.54, 1.807) is 0 Å². The van der Waals surface area contributed by atoms with Crippen LogP contribution in [-0.2, 0) is 9.84 Å². The lowest BCUT2D eigenvalue weighted by Gasteiger charge is -2.48. The first-order valence-corrected chi connectivity index (χ1v) is 8.47. The van der Waals surface area contributed by atoms with E-state index in [9.17, 15) is 8.42 Å². The highest BCUT2D eigenvalue weighted by Gasteiger charge is 2.52. The predicted molar refractivity (Wildman–Crippen MR) is 72.8 cm³/mol. The van der Waals surface area contributed by atoms with E-state index < -0.39 is 14.6 Å². The maximum absolute atomic E-state index is 11.9. The van der Waals surface area contributed by atoms with Crippen LogP contribution < -0.4 is 5.32 Å². The van der Waals surface area contributed by atoms with E-state index in [2.05, 4.69) is 33.0 Å². The molecule has 0 bridgehead atoms. The van der Waals surface area contributed by atoms with Gasteiger partial charge in [0.1, 0.15) is 0 Å². The molecule has 102 valence electrons. The standard InChI is InChI=1S/C13H27NO2S/c1-10(2)8-14-9-13(17(5,15)16)6-12(7-13)11(3)4/h10-12,14H,6-9H2,1-5H3. The molecule has 1 aliphatic rings. The van der Waals surface area contributed by atoms with Gasteiger partial charge in [0.2, 0.25) is 0 Å². The van der Waals surface area contributed by atoms with E-state index >= 15 is 0 Å². The summed E-state index contributed by atoms with van der Waals surface area (Å²) >= 11 is 0. The quantitative estimate of drug-likeness (QED) is 0.796. The van der Waals surface area contributed by atoms with E-state index in [4.69, 9.17) is 0 Å². The minimum absolute atomic E-state index is 0.489. The van der Waals surface area contributed by atoms with E-state index in [-0.39, 0.29) is 0 Å². The molecule has 0 aliphatic heterocycles. The fourth-order valence-electron chi connectivity index (χ4n) is 2.53. The summed E-state index contributed by atoms with van der Waals surface area (Å²) in [6.07, 6.45) is 3.05. The van der Waals surface area contributed by atoms with Crippen LogP contribution in [0.5, 0.6) is 0 Å². The monoisotopic (exact) mass is 261 g/mol. The fraction of sp³-hybridized carbons (Fsp3) is 1.00. The molecule has 0 spiro atoms. The van der Waals surface area contributed by atoms with Gasteiger partial charge in [0.25, 0.3) is 0 Å². The van der Waals surface area contributed by atoms with Crippen molar-refractivity contribution in [1.82, 2.24) is 5.32 Å². The maximum atomic E-state index is 11.9. The Morgan fingerprint density at radius 2 is 1.76 bits per heavy atom. The van der Waals surface area contributed by atoms with Crippen LogP contribution in [0.25, 0.3) is 0 Å². The molecule has 0 unspecified atom stereocenters. The van der Waals surface area contributed by atoms with Crippen LogP contribution in [0.2, 0.25) is 0 Å². The van der Waals surface area contributed by atoms with Gasteiger partial charge in [-0.25, -0.2) is 8.42 Å². The van der Waals surface area contributed by atoms with Gasteiger partial charge >= 0.3 is 0 Å². The highest BCUT2D eigenvalue weighted by atomic mass is 32.2. The molecule has 1 rings (SSSR count). The normalized spacial score (nSPS) is 29.7. The van der Waals surface area contributed by atoms with Crippen molar-refractivity contribution >= 4 is 9.84 Å². The average molecular weight is 261 g/mol. The molecule has 0 aromatic rings. The summed E-state index contributed by atoms with van der Waals surface area (Å²) in [5.74, 6) is 1.73. The zero-order valence-electron chi connectivity index (χ0n) is 11.8. The van der Waals surface area contributed by atoms with Crippen LogP contribution in [0.3, 0.4) is 0 Å². The summed E-state index contributed by atoms with van der Waals surface area (Å²) in [6, 6.07) is 0. The van der Waals surface area contributed by atoms with Gasteiger partial charge in [-0.05, 0) is 37.1 Å². The highest BCUT2D eigenvalue weighted by molar-refractivity contribution is 7.92. The van der Waals surface area contributed by atoms with E-state index in [0.29, 0.717) is 24.3 Å². The van der Waals surface area contributed by atoms with E-state index in [1.807, 2.05) is 0 Å². The Balaban J connectivity index is 2.60. The third-order valence-corrected chi connectivity index (χ3v) is 6.05. The number of rotatable bonds is 6. The average Bonchev–Trinajstić information content (AvgIpc) is 2.05. The van der Waals surface area contributed by atoms with Gasteiger partial charge in [0.05, 0.1) is 4.75 Å². The zero-order chi connectivity index (χ0) is 13.3. The molecule has 4 heteroatoms. The molecule has 1 N–H and O–H groups in total. The lowest BCUT2D eigenvalue weighted by molar-refractivity contribution is 0.159. The second-order valence-electron chi connectivity index (χ2n) is 6.39. The third-order valence-electron chi connectivity index (χ3n) is 4.00.